The van der Waals surface area contributed by atoms with E-state index in [4.69, 9.17) is 4.74 Å². The van der Waals surface area contributed by atoms with Crippen LogP contribution in [0.1, 0.15) is 19.8 Å². The first kappa shape index (κ1) is 15.8. The minimum absolute atomic E-state index is 0.321. The molecule has 7 heteroatoms. The molecule has 6 nitrogen and oxygen atoms in total. The maximum absolute atomic E-state index is 12.1. The van der Waals surface area contributed by atoms with Gasteiger partial charge in [-0.05, 0) is 31.8 Å². The van der Waals surface area contributed by atoms with E-state index < -0.39 is 10.2 Å². The average molecular weight is 279 g/mol. The number of ether oxygens (including phenoxy) is 1. The molecule has 0 atom stereocenters. The molecule has 2 N–H and O–H groups in total. The topological polar surface area (TPSA) is 70.7 Å². The van der Waals surface area contributed by atoms with Crippen LogP contribution in [0, 0.1) is 5.92 Å². The maximum Gasteiger partial charge on any atom is 0.279 e. The first-order chi connectivity index (χ1) is 8.60. The second-order valence-electron chi connectivity index (χ2n) is 4.54. The molecule has 1 fully saturated rings. The summed E-state index contributed by atoms with van der Waals surface area (Å²) in [5.74, 6) is 0.463. The molecule has 0 bridgehead atoms. The molecule has 1 rings (SSSR count). The van der Waals surface area contributed by atoms with E-state index in [2.05, 4.69) is 10.0 Å². The number of nitrogens with one attached hydrogen (secondary N) is 2. The average Bonchev–Trinajstić information content (AvgIpc) is 2.37. The fourth-order valence-electron chi connectivity index (χ4n) is 2.11. The SMILES string of the molecule is CCN(CC1CCNCC1)S(=O)(=O)NCCOC. The molecule has 0 radical (unpaired) electrons. The molecule has 0 aromatic rings. The fourth-order valence-corrected chi connectivity index (χ4v) is 3.38. The van der Waals surface area contributed by atoms with Gasteiger partial charge in [0.05, 0.1) is 6.61 Å². The Morgan fingerprint density at radius 2 is 2.06 bits per heavy atom. The lowest BCUT2D eigenvalue weighted by Gasteiger charge is -2.28. The van der Waals surface area contributed by atoms with Crippen LogP contribution in [0.5, 0.6) is 0 Å². The van der Waals surface area contributed by atoms with Gasteiger partial charge in [-0.25, -0.2) is 0 Å². The Morgan fingerprint density at radius 1 is 1.39 bits per heavy atom. The third kappa shape index (κ3) is 5.19. The van der Waals surface area contributed by atoms with Crippen molar-refractivity contribution in [2.75, 3.05) is 46.4 Å². The van der Waals surface area contributed by atoms with Crippen LogP contribution in [-0.4, -0.2) is 59.2 Å². The smallest absolute Gasteiger partial charge is 0.279 e. The Kier molecular flexibility index (Phi) is 7.10. The lowest BCUT2D eigenvalue weighted by molar-refractivity contribution is 0.203. The molecule has 1 heterocycles. The van der Waals surface area contributed by atoms with E-state index in [0.717, 1.165) is 25.9 Å². The van der Waals surface area contributed by atoms with E-state index in [9.17, 15) is 8.42 Å². The van der Waals surface area contributed by atoms with Gasteiger partial charge in [0.1, 0.15) is 0 Å². The molecule has 0 unspecified atom stereocenters. The van der Waals surface area contributed by atoms with Gasteiger partial charge in [0.25, 0.3) is 10.2 Å². The number of hydrogen-bond acceptors (Lipinski definition) is 4. The van der Waals surface area contributed by atoms with Gasteiger partial charge in [0.2, 0.25) is 0 Å². The highest BCUT2D eigenvalue weighted by Gasteiger charge is 2.24. The molecule has 0 aromatic carbocycles. The molecule has 0 aliphatic carbocycles. The van der Waals surface area contributed by atoms with Gasteiger partial charge in [-0.15, -0.1) is 0 Å². The van der Waals surface area contributed by atoms with E-state index in [1.54, 1.807) is 7.11 Å². The van der Waals surface area contributed by atoms with E-state index >= 15 is 0 Å². The minimum atomic E-state index is -3.36. The van der Waals surface area contributed by atoms with Crippen LogP contribution in [0.4, 0.5) is 0 Å². The van der Waals surface area contributed by atoms with E-state index in [-0.39, 0.29) is 0 Å². The maximum atomic E-state index is 12.1. The van der Waals surface area contributed by atoms with Crippen LogP contribution in [0.25, 0.3) is 0 Å². The van der Waals surface area contributed by atoms with E-state index in [1.165, 1.54) is 4.31 Å². The van der Waals surface area contributed by atoms with Crippen LogP contribution in [-0.2, 0) is 14.9 Å². The molecule has 1 aliphatic rings. The van der Waals surface area contributed by atoms with E-state index in [1.807, 2.05) is 6.92 Å². The van der Waals surface area contributed by atoms with Crippen LogP contribution in [0.3, 0.4) is 0 Å². The van der Waals surface area contributed by atoms with Crippen molar-refractivity contribution in [3.05, 3.63) is 0 Å². The standard InChI is InChI=1S/C11H25N3O3S/c1-3-14(10-11-4-6-12-7-5-11)18(15,16)13-8-9-17-2/h11-13H,3-10H2,1-2H3. The predicted octanol–water partition coefficient (Wildman–Crippen LogP) is -0.211. The highest BCUT2D eigenvalue weighted by molar-refractivity contribution is 7.87. The van der Waals surface area contributed by atoms with Gasteiger partial charge in [0.15, 0.2) is 0 Å². The molecule has 0 spiro atoms. The lowest BCUT2D eigenvalue weighted by atomic mass is 9.98. The van der Waals surface area contributed by atoms with Crippen molar-refractivity contribution < 1.29 is 13.2 Å². The first-order valence-electron chi connectivity index (χ1n) is 6.54. The number of methoxy groups -OCH3 is 1. The molecule has 18 heavy (non-hydrogen) atoms. The summed E-state index contributed by atoms with van der Waals surface area (Å²) in [6.07, 6.45) is 2.09. The summed E-state index contributed by atoms with van der Waals surface area (Å²) >= 11 is 0. The van der Waals surface area contributed by atoms with Crippen molar-refractivity contribution in [2.24, 2.45) is 5.92 Å². The summed E-state index contributed by atoms with van der Waals surface area (Å²) in [5.41, 5.74) is 0. The number of hydrogen-bond donors (Lipinski definition) is 2. The van der Waals surface area contributed by atoms with Crippen LogP contribution >= 0.6 is 0 Å². The van der Waals surface area contributed by atoms with Crippen molar-refractivity contribution in [2.45, 2.75) is 19.8 Å². The summed E-state index contributed by atoms with van der Waals surface area (Å²) in [7, 11) is -1.80. The lowest BCUT2D eigenvalue weighted by Crippen LogP contribution is -2.45. The molecule has 0 amide bonds. The Hall–Kier alpha value is -0.210. The Balaban J connectivity index is 2.47. The van der Waals surface area contributed by atoms with E-state index in [0.29, 0.717) is 32.2 Å². The van der Waals surface area contributed by atoms with Gasteiger partial charge in [0, 0.05) is 26.7 Å². The molecular formula is C11H25N3O3S. The molecule has 1 saturated heterocycles. The molecule has 0 saturated carbocycles. The van der Waals surface area contributed by atoms with Crippen molar-refractivity contribution in [3.8, 4) is 0 Å². The molecular weight excluding hydrogens is 254 g/mol. The van der Waals surface area contributed by atoms with Crippen LogP contribution in [0.15, 0.2) is 0 Å². The zero-order valence-corrected chi connectivity index (χ0v) is 12.1. The zero-order chi connectivity index (χ0) is 13.4. The second-order valence-corrected chi connectivity index (χ2v) is 6.29. The molecule has 1 aliphatic heterocycles. The Bertz CT molecular complexity index is 315. The number of piperidine rings is 1. The summed E-state index contributed by atoms with van der Waals surface area (Å²) < 4.78 is 33.0. The Morgan fingerprint density at radius 3 is 2.61 bits per heavy atom. The van der Waals surface area contributed by atoms with Crippen molar-refractivity contribution in [1.29, 1.82) is 0 Å². The van der Waals surface area contributed by atoms with Crippen molar-refractivity contribution in [1.82, 2.24) is 14.3 Å². The molecule has 108 valence electrons. The quantitative estimate of drug-likeness (QED) is 0.603. The summed E-state index contributed by atoms with van der Waals surface area (Å²) in [4.78, 5) is 0. The minimum Gasteiger partial charge on any atom is -0.383 e. The number of rotatable bonds is 8. The van der Waals surface area contributed by atoms with Gasteiger partial charge < -0.3 is 10.1 Å². The second kappa shape index (κ2) is 8.06. The van der Waals surface area contributed by atoms with Gasteiger partial charge >= 0.3 is 0 Å². The largest absolute Gasteiger partial charge is 0.383 e. The van der Waals surface area contributed by atoms with Crippen molar-refractivity contribution >= 4 is 10.2 Å². The summed E-state index contributed by atoms with van der Waals surface area (Å²) in [6, 6.07) is 0. The molecule has 0 aromatic heterocycles. The zero-order valence-electron chi connectivity index (χ0n) is 11.3. The third-order valence-electron chi connectivity index (χ3n) is 3.20. The first-order valence-corrected chi connectivity index (χ1v) is 7.98. The summed E-state index contributed by atoms with van der Waals surface area (Å²) in [5, 5.41) is 3.29. The number of nitrogens with zero attached hydrogens (tertiary/aromatic N) is 1. The highest BCUT2D eigenvalue weighted by Crippen LogP contribution is 2.14. The van der Waals surface area contributed by atoms with Gasteiger partial charge in [-0.3, -0.25) is 0 Å². The monoisotopic (exact) mass is 279 g/mol. The van der Waals surface area contributed by atoms with Crippen LogP contribution < -0.4 is 10.0 Å². The highest BCUT2D eigenvalue weighted by atomic mass is 32.2. The summed E-state index contributed by atoms with van der Waals surface area (Å²) in [6.45, 7) is 5.67. The van der Waals surface area contributed by atoms with Crippen LogP contribution in [0.2, 0.25) is 0 Å². The van der Waals surface area contributed by atoms with Crippen molar-refractivity contribution in [3.63, 3.8) is 0 Å². The Labute approximate surface area is 110 Å². The fraction of sp³-hybridized carbons (Fsp3) is 1.00. The van der Waals surface area contributed by atoms with Gasteiger partial charge in [-0.2, -0.15) is 17.4 Å². The third-order valence-corrected chi connectivity index (χ3v) is 4.86. The normalized spacial score (nSPS) is 18.4. The predicted molar refractivity (Wildman–Crippen MR) is 71.6 cm³/mol. The van der Waals surface area contributed by atoms with Gasteiger partial charge in [-0.1, -0.05) is 6.92 Å².